The highest BCUT2D eigenvalue weighted by Crippen LogP contribution is 2.41. The fraction of sp³-hybridized carbons (Fsp3) is 0.231. The molecule has 1 atom stereocenters. The Bertz CT molecular complexity index is 1460. The molecule has 1 unspecified atom stereocenters. The molecule has 0 fully saturated rings. The van der Waals surface area contributed by atoms with Gasteiger partial charge in [-0.25, -0.2) is 14.2 Å². The number of rotatable bonds is 7. The lowest BCUT2D eigenvalue weighted by atomic mass is 9.89. The van der Waals surface area contributed by atoms with E-state index in [9.17, 15) is 19.5 Å². The van der Waals surface area contributed by atoms with Crippen LogP contribution < -0.4 is 26.6 Å². The molecule has 1 amide bonds. The number of hydrogen-bond acceptors (Lipinski definition) is 9. The van der Waals surface area contributed by atoms with E-state index in [0.717, 1.165) is 0 Å². The standard InChI is InChI=1S/C26H27N5O6/c1-5-37-25(34)20-14(2)21-22(29-30-24(33)16-8-6-11-19(12-16)36-4)28-26(35)31(23(21)27-15(20)3)17-9-7-10-18(32)13-17/h6-14,27,32H,5H2,1-4H3,(H,30,33)(H,28,29,35). The van der Waals surface area contributed by atoms with E-state index < -0.39 is 23.5 Å². The Kier molecular flexibility index (Phi) is 7.14. The number of esters is 1. The summed E-state index contributed by atoms with van der Waals surface area (Å²) in [5, 5.41) is 13.1. The van der Waals surface area contributed by atoms with Gasteiger partial charge in [0, 0.05) is 28.8 Å². The first kappa shape index (κ1) is 25.3. The molecule has 11 nitrogen and oxygen atoms in total. The monoisotopic (exact) mass is 505 g/mol. The van der Waals surface area contributed by atoms with Crippen molar-refractivity contribution in [2.75, 3.05) is 24.5 Å². The zero-order valence-corrected chi connectivity index (χ0v) is 20.8. The van der Waals surface area contributed by atoms with Crippen LogP contribution in [0.15, 0.2) is 64.6 Å². The molecule has 1 aliphatic rings. The minimum Gasteiger partial charge on any atom is -0.508 e. The molecule has 0 radical (unpaired) electrons. The number of benzene rings is 2. The number of hydrazine groups is 1. The van der Waals surface area contributed by atoms with E-state index in [2.05, 4.69) is 21.2 Å². The van der Waals surface area contributed by atoms with Gasteiger partial charge in [0.25, 0.3) is 5.91 Å². The lowest BCUT2D eigenvalue weighted by Gasteiger charge is -2.30. The molecule has 192 valence electrons. The van der Waals surface area contributed by atoms with Gasteiger partial charge in [-0.15, -0.1) is 0 Å². The molecule has 1 aliphatic heterocycles. The Balaban J connectivity index is 1.80. The third-order valence-corrected chi connectivity index (χ3v) is 5.92. The summed E-state index contributed by atoms with van der Waals surface area (Å²) in [4.78, 5) is 42.9. The molecule has 37 heavy (non-hydrogen) atoms. The van der Waals surface area contributed by atoms with Crippen LogP contribution in [0.5, 0.6) is 11.5 Å². The molecular weight excluding hydrogens is 478 g/mol. The lowest BCUT2D eigenvalue weighted by Crippen LogP contribution is -2.36. The summed E-state index contributed by atoms with van der Waals surface area (Å²) in [5.41, 5.74) is 6.64. The normalized spacial score (nSPS) is 14.3. The molecular formula is C26H27N5O6. The Hall–Kier alpha value is -4.80. The third kappa shape index (κ3) is 4.96. The molecule has 0 spiro atoms. The highest BCUT2D eigenvalue weighted by atomic mass is 16.5. The first-order chi connectivity index (χ1) is 17.7. The van der Waals surface area contributed by atoms with E-state index in [1.165, 1.54) is 23.8 Å². The summed E-state index contributed by atoms with van der Waals surface area (Å²) in [6.07, 6.45) is 0. The highest BCUT2D eigenvalue weighted by Gasteiger charge is 2.34. The predicted octanol–water partition coefficient (Wildman–Crippen LogP) is 3.07. The van der Waals surface area contributed by atoms with Gasteiger partial charge in [-0.3, -0.25) is 15.6 Å². The van der Waals surface area contributed by atoms with Gasteiger partial charge in [0.05, 0.1) is 25.0 Å². The van der Waals surface area contributed by atoms with Crippen molar-refractivity contribution in [1.29, 1.82) is 0 Å². The minimum atomic E-state index is -0.672. The predicted molar refractivity (Wildman–Crippen MR) is 137 cm³/mol. The second-order valence-corrected chi connectivity index (χ2v) is 8.28. The first-order valence-electron chi connectivity index (χ1n) is 11.6. The topological polar surface area (TPSA) is 144 Å². The van der Waals surface area contributed by atoms with Crippen molar-refractivity contribution >= 4 is 23.5 Å². The van der Waals surface area contributed by atoms with E-state index >= 15 is 0 Å². The van der Waals surface area contributed by atoms with Gasteiger partial charge in [-0.2, -0.15) is 4.98 Å². The number of methoxy groups -OCH3 is 1. The first-order valence-corrected chi connectivity index (χ1v) is 11.6. The van der Waals surface area contributed by atoms with E-state index in [0.29, 0.717) is 39.7 Å². The van der Waals surface area contributed by atoms with Gasteiger partial charge < -0.3 is 19.9 Å². The Labute approximate surface area is 212 Å². The number of nitrogens with zero attached hydrogens (tertiary/aromatic N) is 2. The minimum absolute atomic E-state index is 0.0331. The number of aromatic nitrogens is 2. The number of aromatic hydroxyl groups is 1. The summed E-state index contributed by atoms with van der Waals surface area (Å²) in [6.45, 7) is 5.40. The van der Waals surface area contributed by atoms with Gasteiger partial charge >= 0.3 is 11.7 Å². The number of phenols is 1. The van der Waals surface area contributed by atoms with Crippen LogP contribution in [0, 0.1) is 0 Å². The highest BCUT2D eigenvalue weighted by molar-refractivity contribution is 5.96. The van der Waals surface area contributed by atoms with Crippen molar-refractivity contribution in [3.05, 3.63) is 81.4 Å². The van der Waals surface area contributed by atoms with Gasteiger partial charge in [-0.05, 0) is 44.2 Å². The van der Waals surface area contributed by atoms with Crippen LogP contribution in [0.2, 0.25) is 0 Å². The second-order valence-electron chi connectivity index (χ2n) is 8.28. The van der Waals surface area contributed by atoms with E-state index in [1.54, 1.807) is 57.2 Å². The number of ether oxygens (including phenoxy) is 2. The summed E-state index contributed by atoms with van der Waals surface area (Å²) in [6, 6.07) is 12.7. The van der Waals surface area contributed by atoms with Crippen molar-refractivity contribution < 1.29 is 24.2 Å². The number of amides is 1. The van der Waals surface area contributed by atoms with Crippen molar-refractivity contribution in [1.82, 2.24) is 15.0 Å². The van der Waals surface area contributed by atoms with E-state index in [-0.39, 0.29) is 18.2 Å². The van der Waals surface area contributed by atoms with Crippen molar-refractivity contribution in [2.24, 2.45) is 0 Å². The molecule has 0 saturated carbocycles. The number of carbonyl (C=O) groups excluding carboxylic acids is 2. The molecule has 4 N–H and O–H groups in total. The van der Waals surface area contributed by atoms with Crippen LogP contribution in [0.3, 0.4) is 0 Å². The number of allylic oxidation sites excluding steroid dienone is 1. The summed E-state index contributed by atoms with van der Waals surface area (Å²) >= 11 is 0. The van der Waals surface area contributed by atoms with Crippen molar-refractivity contribution in [3.63, 3.8) is 0 Å². The molecule has 1 aromatic heterocycles. The fourth-order valence-corrected chi connectivity index (χ4v) is 4.24. The number of phenolic OH excluding ortho intramolecular Hbond substituents is 1. The number of carbonyl (C=O) groups is 2. The largest absolute Gasteiger partial charge is 0.508 e. The van der Waals surface area contributed by atoms with Crippen LogP contribution in [0.25, 0.3) is 5.69 Å². The fourth-order valence-electron chi connectivity index (χ4n) is 4.24. The van der Waals surface area contributed by atoms with Crippen LogP contribution >= 0.6 is 0 Å². The van der Waals surface area contributed by atoms with Crippen LogP contribution in [-0.2, 0) is 9.53 Å². The van der Waals surface area contributed by atoms with Crippen LogP contribution in [0.1, 0.15) is 42.6 Å². The quantitative estimate of drug-likeness (QED) is 0.281. The third-order valence-electron chi connectivity index (χ3n) is 5.92. The van der Waals surface area contributed by atoms with Gasteiger partial charge in [-0.1, -0.05) is 19.1 Å². The van der Waals surface area contributed by atoms with E-state index in [1.807, 2.05) is 0 Å². The molecule has 0 saturated heterocycles. The Morgan fingerprint density at radius 3 is 2.65 bits per heavy atom. The van der Waals surface area contributed by atoms with Gasteiger partial charge in [0.1, 0.15) is 17.3 Å². The maximum absolute atomic E-state index is 13.2. The Morgan fingerprint density at radius 1 is 1.19 bits per heavy atom. The molecule has 2 aromatic carbocycles. The molecule has 4 rings (SSSR count). The maximum Gasteiger partial charge on any atom is 0.355 e. The molecule has 3 aromatic rings. The number of fused-ring (bicyclic) bond motifs is 1. The average molecular weight is 506 g/mol. The zero-order valence-electron chi connectivity index (χ0n) is 20.8. The number of hydrogen-bond donors (Lipinski definition) is 4. The average Bonchev–Trinajstić information content (AvgIpc) is 2.87. The van der Waals surface area contributed by atoms with Crippen LogP contribution in [0.4, 0.5) is 11.6 Å². The molecule has 2 heterocycles. The Morgan fingerprint density at radius 2 is 1.95 bits per heavy atom. The number of nitrogens with one attached hydrogen (secondary N) is 3. The SMILES string of the molecule is CCOC(=O)C1=C(C)Nc2c(c(NNC(=O)c3cccc(OC)c3)nc(=O)n2-c2cccc(O)c2)C1C. The number of anilines is 2. The maximum atomic E-state index is 13.2. The molecule has 0 aliphatic carbocycles. The van der Waals surface area contributed by atoms with Gasteiger partial charge in [0.15, 0.2) is 5.82 Å². The molecule has 0 bridgehead atoms. The molecule has 11 heteroatoms. The summed E-state index contributed by atoms with van der Waals surface area (Å²) in [7, 11) is 1.50. The zero-order chi connectivity index (χ0) is 26.7. The van der Waals surface area contributed by atoms with E-state index in [4.69, 9.17) is 9.47 Å². The second kappa shape index (κ2) is 10.4. The van der Waals surface area contributed by atoms with Crippen molar-refractivity contribution in [2.45, 2.75) is 26.7 Å². The smallest absolute Gasteiger partial charge is 0.355 e. The summed E-state index contributed by atoms with van der Waals surface area (Å²) in [5.74, 6) is -0.692. The van der Waals surface area contributed by atoms with Crippen LogP contribution in [-0.4, -0.2) is 40.3 Å². The van der Waals surface area contributed by atoms with Crippen molar-refractivity contribution in [3.8, 4) is 17.2 Å². The summed E-state index contributed by atoms with van der Waals surface area (Å²) < 4.78 is 11.7. The van der Waals surface area contributed by atoms with Gasteiger partial charge in [0.2, 0.25) is 0 Å². The lowest BCUT2D eigenvalue weighted by molar-refractivity contribution is -0.138.